The normalized spacial score (nSPS) is 11.0. The average Bonchev–Trinajstić information content (AvgIpc) is 3.09. The van der Waals surface area contributed by atoms with E-state index in [4.69, 9.17) is 4.74 Å². The molecular weight excluding hydrogens is 344 g/mol. The molecule has 0 spiro atoms. The molecule has 0 N–H and O–H groups in total. The zero-order valence-electron chi connectivity index (χ0n) is 15.6. The lowest BCUT2D eigenvalue weighted by atomic mass is 10.1. The van der Waals surface area contributed by atoms with Crippen molar-refractivity contribution in [1.29, 1.82) is 0 Å². The van der Waals surface area contributed by atoms with Crippen LogP contribution in [0.4, 0.5) is 0 Å². The molecule has 27 heavy (non-hydrogen) atoms. The van der Waals surface area contributed by atoms with E-state index in [1.54, 1.807) is 23.0 Å². The van der Waals surface area contributed by atoms with Gasteiger partial charge in [0.05, 0.1) is 17.9 Å². The first kappa shape index (κ1) is 18.6. The topological polar surface area (TPSA) is 79.0 Å². The van der Waals surface area contributed by atoms with Crippen molar-refractivity contribution in [3.63, 3.8) is 0 Å². The van der Waals surface area contributed by atoms with Crippen LogP contribution in [0.25, 0.3) is 5.69 Å². The van der Waals surface area contributed by atoms with Crippen LogP contribution < -0.4 is 5.56 Å². The van der Waals surface area contributed by atoms with Gasteiger partial charge in [-0.2, -0.15) is 0 Å². The predicted octanol–water partition coefficient (Wildman–Crippen LogP) is 2.72. The number of hydrogen-bond donors (Lipinski definition) is 0. The highest BCUT2D eigenvalue weighted by Gasteiger charge is 2.24. The number of aryl methyl sites for hydroxylation is 1. The standard InChI is InChI=1S/C20H22N4O3/c1-14(2)19-18(21-22-24(19)16-9-7-15(3)8-10-16)20(26)27-13-12-23-11-5-4-6-17(23)25/h4-11,14H,12-13H2,1-3H3. The van der Waals surface area contributed by atoms with Crippen molar-refractivity contribution in [2.45, 2.75) is 33.2 Å². The molecular formula is C20H22N4O3. The summed E-state index contributed by atoms with van der Waals surface area (Å²) in [6.07, 6.45) is 1.66. The van der Waals surface area contributed by atoms with Crippen LogP contribution in [0.2, 0.25) is 0 Å². The summed E-state index contributed by atoms with van der Waals surface area (Å²) >= 11 is 0. The van der Waals surface area contributed by atoms with E-state index >= 15 is 0 Å². The van der Waals surface area contributed by atoms with E-state index in [9.17, 15) is 9.59 Å². The second-order valence-corrected chi connectivity index (χ2v) is 6.59. The third-order valence-electron chi connectivity index (χ3n) is 4.19. The highest BCUT2D eigenvalue weighted by atomic mass is 16.5. The Kier molecular flexibility index (Phi) is 5.49. The maximum atomic E-state index is 12.5. The quantitative estimate of drug-likeness (QED) is 0.627. The van der Waals surface area contributed by atoms with Crippen LogP contribution >= 0.6 is 0 Å². The Balaban J connectivity index is 1.77. The Hall–Kier alpha value is -3.22. The summed E-state index contributed by atoms with van der Waals surface area (Å²) in [6.45, 7) is 6.33. The van der Waals surface area contributed by atoms with Crippen LogP contribution in [0.1, 0.15) is 41.5 Å². The summed E-state index contributed by atoms with van der Waals surface area (Å²) in [5.41, 5.74) is 2.74. The Labute approximate surface area is 157 Å². The van der Waals surface area contributed by atoms with E-state index in [-0.39, 0.29) is 30.3 Å². The number of pyridine rings is 1. The molecule has 0 amide bonds. The zero-order valence-corrected chi connectivity index (χ0v) is 15.6. The van der Waals surface area contributed by atoms with Crippen molar-refractivity contribution < 1.29 is 9.53 Å². The van der Waals surface area contributed by atoms with Crippen molar-refractivity contribution in [1.82, 2.24) is 19.6 Å². The Bertz CT molecular complexity index is 987. The zero-order chi connectivity index (χ0) is 19.4. The second-order valence-electron chi connectivity index (χ2n) is 6.59. The highest BCUT2D eigenvalue weighted by Crippen LogP contribution is 2.22. The van der Waals surface area contributed by atoms with E-state index in [0.717, 1.165) is 11.3 Å². The van der Waals surface area contributed by atoms with Gasteiger partial charge in [-0.15, -0.1) is 5.10 Å². The monoisotopic (exact) mass is 366 g/mol. The van der Waals surface area contributed by atoms with E-state index in [1.165, 1.54) is 10.6 Å². The molecule has 0 aliphatic rings. The SMILES string of the molecule is Cc1ccc(-n2nnc(C(=O)OCCn3ccccc3=O)c2C(C)C)cc1. The maximum Gasteiger partial charge on any atom is 0.360 e. The molecule has 0 atom stereocenters. The Morgan fingerprint density at radius 2 is 1.89 bits per heavy atom. The largest absolute Gasteiger partial charge is 0.459 e. The number of carbonyl (C=O) groups excluding carboxylic acids is 1. The van der Waals surface area contributed by atoms with Gasteiger partial charge in [0.2, 0.25) is 0 Å². The van der Waals surface area contributed by atoms with E-state index in [2.05, 4.69) is 10.3 Å². The molecule has 0 saturated heterocycles. The number of aromatic nitrogens is 4. The molecule has 0 radical (unpaired) electrons. The van der Waals surface area contributed by atoms with Crippen molar-refractivity contribution in [2.24, 2.45) is 0 Å². The molecule has 0 aliphatic heterocycles. The molecule has 3 rings (SSSR count). The minimum Gasteiger partial charge on any atom is -0.459 e. The summed E-state index contributed by atoms with van der Waals surface area (Å²) < 4.78 is 8.49. The van der Waals surface area contributed by atoms with Crippen LogP contribution in [0.5, 0.6) is 0 Å². The van der Waals surface area contributed by atoms with Crippen molar-refractivity contribution >= 4 is 5.97 Å². The summed E-state index contributed by atoms with van der Waals surface area (Å²) in [6, 6.07) is 12.7. The van der Waals surface area contributed by atoms with Crippen molar-refractivity contribution in [3.8, 4) is 5.69 Å². The minimum atomic E-state index is -0.541. The number of carbonyl (C=O) groups is 1. The summed E-state index contributed by atoms with van der Waals surface area (Å²) in [4.78, 5) is 24.2. The smallest absolute Gasteiger partial charge is 0.360 e. The average molecular weight is 366 g/mol. The van der Waals surface area contributed by atoms with Gasteiger partial charge in [-0.1, -0.05) is 42.8 Å². The Morgan fingerprint density at radius 1 is 1.15 bits per heavy atom. The van der Waals surface area contributed by atoms with Crippen LogP contribution in [0, 0.1) is 6.92 Å². The first-order valence-electron chi connectivity index (χ1n) is 8.82. The lowest BCUT2D eigenvalue weighted by Gasteiger charge is -2.11. The van der Waals surface area contributed by atoms with Crippen LogP contribution in [0.15, 0.2) is 53.5 Å². The number of hydrogen-bond acceptors (Lipinski definition) is 5. The fraction of sp³-hybridized carbons (Fsp3) is 0.300. The number of ether oxygens (including phenoxy) is 1. The molecule has 0 bridgehead atoms. The molecule has 0 aliphatic carbocycles. The number of rotatable bonds is 6. The number of nitrogens with zero attached hydrogens (tertiary/aromatic N) is 4. The molecule has 0 saturated carbocycles. The summed E-state index contributed by atoms with van der Waals surface area (Å²) in [5.74, 6) is -0.512. The molecule has 7 nitrogen and oxygen atoms in total. The summed E-state index contributed by atoms with van der Waals surface area (Å²) in [7, 11) is 0. The molecule has 1 aromatic carbocycles. The van der Waals surface area contributed by atoms with Crippen LogP contribution in [0.3, 0.4) is 0 Å². The van der Waals surface area contributed by atoms with Crippen LogP contribution in [-0.2, 0) is 11.3 Å². The lowest BCUT2D eigenvalue weighted by molar-refractivity contribution is 0.0481. The first-order chi connectivity index (χ1) is 13.0. The molecule has 140 valence electrons. The highest BCUT2D eigenvalue weighted by molar-refractivity contribution is 5.88. The second kappa shape index (κ2) is 7.99. The van der Waals surface area contributed by atoms with E-state index in [0.29, 0.717) is 5.69 Å². The lowest BCUT2D eigenvalue weighted by Crippen LogP contribution is -2.22. The van der Waals surface area contributed by atoms with Gasteiger partial charge < -0.3 is 9.30 Å². The first-order valence-corrected chi connectivity index (χ1v) is 8.82. The van der Waals surface area contributed by atoms with Crippen LogP contribution in [-0.4, -0.2) is 32.1 Å². The van der Waals surface area contributed by atoms with E-state index < -0.39 is 5.97 Å². The van der Waals surface area contributed by atoms with Gasteiger partial charge in [0, 0.05) is 12.3 Å². The molecule has 2 heterocycles. The van der Waals surface area contributed by atoms with Gasteiger partial charge >= 0.3 is 5.97 Å². The van der Waals surface area contributed by atoms with Gasteiger partial charge in [-0.05, 0) is 31.0 Å². The van der Waals surface area contributed by atoms with Gasteiger partial charge in [0.15, 0.2) is 5.69 Å². The summed E-state index contributed by atoms with van der Waals surface area (Å²) in [5, 5.41) is 8.20. The molecule has 3 aromatic rings. The van der Waals surface area contributed by atoms with Gasteiger partial charge in [-0.25, -0.2) is 9.48 Å². The molecule has 0 unspecified atom stereocenters. The van der Waals surface area contributed by atoms with Crippen molar-refractivity contribution in [2.75, 3.05) is 6.61 Å². The number of benzene rings is 1. The molecule has 2 aromatic heterocycles. The fourth-order valence-corrected chi connectivity index (χ4v) is 2.78. The number of esters is 1. The third kappa shape index (κ3) is 4.13. The Morgan fingerprint density at radius 3 is 2.56 bits per heavy atom. The predicted molar refractivity (Wildman–Crippen MR) is 101 cm³/mol. The minimum absolute atomic E-state index is 0.0283. The third-order valence-corrected chi connectivity index (χ3v) is 4.19. The van der Waals surface area contributed by atoms with Gasteiger partial charge in [0.25, 0.3) is 5.56 Å². The van der Waals surface area contributed by atoms with E-state index in [1.807, 2.05) is 45.0 Å². The fourth-order valence-electron chi connectivity index (χ4n) is 2.78. The van der Waals surface area contributed by atoms with Crippen molar-refractivity contribution in [3.05, 3.63) is 76.0 Å². The molecule has 7 heteroatoms. The van der Waals surface area contributed by atoms with Gasteiger partial charge in [0.1, 0.15) is 6.61 Å². The van der Waals surface area contributed by atoms with Gasteiger partial charge in [-0.3, -0.25) is 4.79 Å². The molecule has 0 fully saturated rings. The maximum absolute atomic E-state index is 12.5.